The van der Waals surface area contributed by atoms with Crippen molar-refractivity contribution in [1.82, 2.24) is 10.3 Å². The Hall–Kier alpha value is -1.60. The van der Waals surface area contributed by atoms with E-state index in [0.29, 0.717) is 18.5 Å². The number of pyridine rings is 1. The van der Waals surface area contributed by atoms with Crippen LogP contribution in [0.25, 0.3) is 0 Å². The lowest BCUT2D eigenvalue weighted by Crippen LogP contribution is -2.31. The number of nitriles is 1. The fraction of sp³-hybridized carbons (Fsp3) is 0.625. The smallest absolute Gasteiger partial charge is 0.0640 e. The van der Waals surface area contributed by atoms with Crippen LogP contribution in [0.1, 0.15) is 52.3 Å². The zero-order valence-corrected chi connectivity index (χ0v) is 13.1. The van der Waals surface area contributed by atoms with Gasteiger partial charge in [-0.15, -0.1) is 0 Å². The van der Waals surface area contributed by atoms with Crippen molar-refractivity contribution < 1.29 is 0 Å². The first-order valence-corrected chi connectivity index (χ1v) is 7.46. The minimum absolute atomic E-state index is 0.320. The molecule has 1 heterocycles. The standard InChI is InChI=1S/C16H26N4/c1-5-15(18-6-2)16-9-8-14(12-19-16)20(13(3)4)11-7-10-17/h8-9,12-13,15,18H,5-7,11H2,1-4H3. The lowest BCUT2D eigenvalue weighted by Gasteiger charge is -2.28. The van der Waals surface area contributed by atoms with Gasteiger partial charge in [0.05, 0.1) is 30.1 Å². The quantitative estimate of drug-likeness (QED) is 0.790. The Morgan fingerprint density at radius 1 is 1.35 bits per heavy atom. The van der Waals surface area contributed by atoms with Crippen LogP contribution in [0.5, 0.6) is 0 Å². The third-order valence-corrected chi connectivity index (χ3v) is 3.41. The normalized spacial score (nSPS) is 12.2. The molecule has 1 unspecified atom stereocenters. The van der Waals surface area contributed by atoms with Gasteiger partial charge in [0, 0.05) is 18.6 Å². The molecule has 0 radical (unpaired) electrons. The number of hydrogen-bond acceptors (Lipinski definition) is 4. The highest BCUT2D eigenvalue weighted by atomic mass is 15.2. The molecule has 1 aromatic heterocycles. The van der Waals surface area contributed by atoms with Gasteiger partial charge in [0.25, 0.3) is 0 Å². The zero-order valence-electron chi connectivity index (χ0n) is 13.1. The van der Waals surface area contributed by atoms with Crippen LogP contribution >= 0.6 is 0 Å². The van der Waals surface area contributed by atoms with Gasteiger partial charge in [-0.05, 0) is 38.9 Å². The summed E-state index contributed by atoms with van der Waals surface area (Å²) in [4.78, 5) is 6.81. The van der Waals surface area contributed by atoms with E-state index >= 15 is 0 Å². The molecule has 0 bridgehead atoms. The van der Waals surface area contributed by atoms with Crippen LogP contribution in [-0.2, 0) is 0 Å². The van der Waals surface area contributed by atoms with Crippen molar-refractivity contribution in [2.45, 2.75) is 52.6 Å². The van der Waals surface area contributed by atoms with Gasteiger partial charge in [-0.25, -0.2) is 0 Å². The first kappa shape index (κ1) is 16.5. The molecule has 0 aromatic carbocycles. The molecule has 0 aliphatic carbocycles. The molecular weight excluding hydrogens is 248 g/mol. The molecule has 1 aromatic rings. The highest BCUT2D eigenvalue weighted by Crippen LogP contribution is 2.20. The number of nitrogens with zero attached hydrogens (tertiary/aromatic N) is 3. The predicted octanol–water partition coefficient (Wildman–Crippen LogP) is 3.27. The summed E-state index contributed by atoms with van der Waals surface area (Å²) in [6, 6.07) is 7.10. The van der Waals surface area contributed by atoms with Crippen LogP contribution < -0.4 is 10.2 Å². The van der Waals surface area contributed by atoms with Gasteiger partial charge < -0.3 is 10.2 Å². The summed E-state index contributed by atoms with van der Waals surface area (Å²) in [5.74, 6) is 0. The van der Waals surface area contributed by atoms with Crippen LogP contribution in [0.15, 0.2) is 18.3 Å². The molecule has 0 saturated carbocycles. The van der Waals surface area contributed by atoms with Crippen LogP contribution in [0.2, 0.25) is 0 Å². The van der Waals surface area contributed by atoms with Crippen molar-refractivity contribution in [1.29, 1.82) is 5.26 Å². The van der Waals surface area contributed by atoms with Gasteiger partial charge in [-0.1, -0.05) is 13.8 Å². The summed E-state index contributed by atoms with van der Waals surface area (Å²) >= 11 is 0. The molecule has 110 valence electrons. The Balaban J connectivity index is 2.85. The van der Waals surface area contributed by atoms with E-state index in [1.807, 2.05) is 6.20 Å². The fourth-order valence-electron chi connectivity index (χ4n) is 2.33. The van der Waals surface area contributed by atoms with E-state index in [2.05, 4.69) is 61.1 Å². The van der Waals surface area contributed by atoms with E-state index < -0.39 is 0 Å². The molecule has 0 amide bonds. The molecule has 0 fully saturated rings. The van der Waals surface area contributed by atoms with Crippen LogP contribution in [0, 0.1) is 11.3 Å². The molecular formula is C16H26N4. The second-order valence-corrected chi connectivity index (χ2v) is 5.16. The van der Waals surface area contributed by atoms with E-state index in [1.165, 1.54) is 0 Å². The van der Waals surface area contributed by atoms with Crippen molar-refractivity contribution in [3.05, 3.63) is 24.0 Å². The molecule has 0 spiro atoms. The van der Waals surface area contributed by atoms with Gasteiger partial charge in [0.15, 0.2) is 0 Å². The van der Waals surface area contributed by atoms with E-state index in [9.17, 15) is 0 Å². The van der Waals surface area contributed by atoms with Gasteiger partial charge >= 0.3 is 0 Å². The largest absolute Gasteiger partial charge is 0.367 e. The minimum Gasteiger partial charge on any atom is -0.367 e. The lowest BCUT2D eigenvalue weighted by atomic mass is 10.1. The molecule has 1 N–H and O–H groups in total. The van der Waals surface area contributed by atoms with Gasteiger partial charge in [0.2, 0.25) is 0 Å². The molecule has 0 aliphatic heterocycles. The predicted molar refractivity (Wildman–Crippen MR) is 83.7 cm³/mol. The Morgan fingerprint density at radius 2 is 2.10 bits per heavy atom. The summed E-state index contributed by atoms with van der Waals surface area (Å²) in [6.45, 7) is 10.2. The monoisotopic (exact) mass is 274 g/mol. The number of rotatable bonds is 8. The van der Waals surface area contributed by atoms with E-state index in [-0.39, 0.29) is 0 Å². The van der Waals surface area contributed by atoms with E-state index in [0.717, 1.165) is 30.9 Å². The van der Waals surface area contributed by atoms with Crippen molar-refractivity contribution in [3.8, 4) is 6.07 Å². The van der Waals surface area contributed by atoms with Crippen molar-refractivity contribution in [3.63, 3.8) is 0 Å². The Labute approximate surface area is 122 Å². The highest BCUT2D eigenvalue weighted by molar-refractivity contribution is 5.45. The summed E-state index contributed by atoms with van der Waals surface area (Å²) < 4.78 is 0. The molecule has 4 nitrogen and oxygen atoms in total. The molecule has 0 aliphatic rings. The van der Waals surface area contributed by atoms with Crippen LogP contribution in [0.4, 0.5) is 5.69 Å². The number of hydrogen-bond donors (Lipinski definition) is 1. The van der Waals surface area contributed by atoms with E-state index in [1.54, 1.807) is 0 Å². The average molecular weight is 274 g/mol. The third kappa shape index (κ3) is 4.50. The van der Waals surface area contributed by atoms with E-state index in [4.69, 9.17) is 5.26 Å². The summed E-state index contributed by atoms with van der Waals surface area (Å²) in [6.07, 6.45) is 3.49. The van der Waals surface area contributed by atoms with Crippen LogP contribution in [-0.4, -0.2) is 24.1 Å². The number of nitrogens with one attached hydrogen (secondary N) is 1. The topological polar surface area (TPSA) is 52.0 Å². The Morgan fingerprint density at radius 3 is 2.55 bits per heavy atom. The molecule has 20 heavy (non-hydrogen) atoms. The first-order chi connectivity index (χ1) is 9.63. The minimum atomic E-state index is 0.320. The SMILES string of the molecule is CCNC(CC)c1ccc(N(CCC#N)C(C)C)cn1. The molecule has 4 heteroatoms. The first-order valence-electron chi connectivity index (χ1n) is 7.46. The summed E-state index contributed by atoms with van der Waals surface area (Å²) in [7, 11) is 0. The van der Waals surface area contributed by atoms with Gasteiger partial charge in [-0.3, -0.25) is 4.98 Å². The second-order valence-electron chi connectivity index (χ2n) is 5.16. The fourth-order valence-corrected chi connectivity index (χ4v) is 2.33. The van der Waals surface area contributed by atoms with Crippen molar-refractivity contribution in [2.75, 3.05) is 18.0 Å². The summed E-state index contributed by atoms with van der Waals surface area (Å²) in [5, 5.41) is 12.2. The summed E-state index contributed by atoms with van der Waals surface area (Å²) in [5.41, 5.74) is 2.17. The lowest BCUT2D eigenvalue weighted by molar-refractivity contribution is 0.524. The molecule has 1 rings (SSSR count). The van der Waals surface area contributed by atoms with Gasteiger partial charge in [0.1, 0.15) is 0 Å². The Kier molecular flexibility index (Phi) is 7.03. The van der Waals surface area contributed by atoms with Crippen LogP contribution in [0.3, 0.4) is 0 Å². The molecule has 1 atom stereocenters. The maximum Gasteiger partial charge on any atom is 0.0640 e. The average Bonchev–Trinajstić information content (AvgIpc) is 2.45. The molecule has 0 saturated heterocycles. The van der Waals surface area contributed by atoms with Gasteiger partial charge in [-0.2, -0.15) is 5.26 Å². The number of aromatic nitrogens is 1. The number of anilines is 1. The maximum absolute atomic E-state index is 8.75. The highest BCUT2D eigenvalue weighted by Gasteiger charge is 2.13. The van der Waals surface area contributed by atoms with Crippen molar-refractivity contribution in [2.24, 2.45) is 0 Å². The Bertz CT molecular complexity index is 419. The zero-order chi connectivity index (χ0) is 15.0. The second kappa shape index (κ2) is 8.55. The van der Waals surface area contributed by atoms with Crippen molar-refractivity contribution >= 4 is 5.69 Å². The third-order valence-electron chi connectivity index (χ3n) is 3.41. The maximum atomic E-state index is 8.75.